The summed E-state index contributed by atoms with van der Waals surface area (Å²) in [5.74, 6) is 0.879. The van der Waals surface area contributed by atoms with E-state index in [0.29, 0.717) is 18.7 Å². The summed E-state index contributed by atoms with van der Waals surface area (Å²) in [7, 11) is 0. The molecule has 0 saturated carbocycles. The van der Waals surface area contributed by atoms with Crippen molar-refractivity contribution in [2.24, 2.45) is 0 Å². The first-order valence-corrected chi connectivity index (χ1v) is 9.89. The van der Waals surface area contributed by atoms with Gasteiger partial charge in [0.05, 0.1) is 31.4 Å². The highest BCUT2D eigenvalue weighted by molar-refractivity contribution is 5.95. The zero-order valence-corrected chi connectivity index (χ0v) is 16.6. The third-order valence-electron chi connectivity index (χ3n) is 5.49. The summed E-state index contributed by atoms with van der Waals surface area (Å²) in [5, 5.41) is 0. The molecular formula is C22H27N3O3. The predicted molar refractivity (Wildman–Crippen MR) is 106 cm³/mol. The molecule has 1 atom stereocenters. The van der Waals surface area contributed by atoms with Crippen LogP contribution < -0.4 is 4.74 Å². The van der Waals surface area contributed by atoms with Crippen molar-refractivity contribution in [2.75, 3.05) is 32.9 Å². The van der Waals surface area contributed by atoms with Gasteiger partial charge >= 0.3 is 0 Å². The molecule has 1 aromatic heterocycles. The fourth-order valence-electron chi connectivity index (χ4n) is 3.79. The van der Waals surface area contributed by atoms with Crippen LogP contribution in [0.3, 0.4) is 0 Å². The van der Waals surface area contributed by atoms with Crippen LogP contribution in [0, 0.1) is 6.92 Å². The number of nitrogens with zero attached hydrogens (tertiary/aromatic N) is 3. The lowest BCUT2D eigenvalue weighted by Gasteiger charge is -2.27. The lowest BCUT2D eigenvalue weighted by Crippen LogP contribution is -2.40. The number of carbonyl (C=O) groups is 1. The van der Waals surface area contributed by atoms with Gasteiger partial charge in [0.1, 0.15) is 12.4 Å². The molecule has 2 aliphatic heterocycles. The van der Waals surface area contributed by atoms with Crippen molar-refractivity contribution < 1.29 is 14.3 Å². The van der Waals surface area contributed by atoms with Crippen LogP contribution in [0.25, 0.3) is 0 Å². The lowest BCUT2D eigenvalue weighted by atomic mass is 10.1. The summed E-state index contributed by atoms with van der Waals surface area (Å²) in [5.41, 5.74) is 3.71. The normalized spacial score (nSPS) is 20.2. The molecular weight excluding hydrogens is 354 g/mol. The molecule has 6 heteroatoms. The van der Waals surface area contributed by atoms with Crippen molar-refractivity contribution in [3.05, 3.63) is 58.9 Å². The van der Waals surface area contributed by atoms with E-state index in [2.05, 4.69) is 22.0 Å². The molecule has 1 amide bonds. The SMILES string of the molecule is Cc1ncccc1C(=O)N1Cc2cc(CN3CCOCC3)ccc2OC[C@@H]1C. The van der Waals surface area contributed by atoms with Gasteiger partial charge in [0.15, 0.2) is 0 Å². The van der Waals surface area contributed by atoms with E-state index in [1.54, 1.807) is 6.20 Å². The van der Waals surface area contributed by atoms with Gasteiger partial charge in [0.25, 0.3) is 5.91 Å². The van der Waals surface area contributed by atoms with Gasteiger partial charge in [-0.1, -0.05) is 6.07 Å². The van der Waals surface area contributed by atoms with E-state index >= 15 is 0 Å². The van der Waals surface area contributed by atoms with Gasteiger partial charge in [-0.2, -0.15) is 0 Å². The Kier molecular flexibility index (Phi) is 5.59. The molecule has 4 rings (SSSR count). The van der Waals surface area contributed by atoms with Crippen molar-refractivity contribution in [2.45, 2.75) is 33.0 Å². The van der Waals surface area contributed by atoms with Crippen LogP contribution in [0.15, 0.2) is 36.5 Å². The topological polar surface area (TPSA) is 54.9 Å². The van der Waals surface area contributed by atoms with E-state index in [1.165, 1.54) is 5.56 Å². The molecule has 1 fully saturated rings. The van der Waals surface area contributed by atoms with Crippen molar-refractivity contribution in [1.29, 1.82) is 0 Å². The Morgan fingerprint density at radius 3 is 2.86 bits per heavy atom. The predicted octanol–water partition coefficient (Wildman–Crippen LogP) is 2.65. The number of amides is 1. The molecule has 2 aromatic rings. The second-order valence-electron chi connectivity index (χ2n) is 7.56. The van der Waals surface area contributed by atoms with Crippen LogP contribution >= 0.6 is 0 Å². The molecule has 0 N–H and O–H groups in total. The van der Waals surface area contributed by atoms with Gasteiger partial charge < -0.3 is 14.4 Å². The minimum atomic E-state index is -0.0119. The van der Waals surface area contributed by atoms with Crippen molar-refractivity contribution in [3.63, 3.8) is 0 Å². The molecule has 1 saturated heterocycles. The molecule has 3 heterocycles. The molecule has 1 aromatic carbocycles. The summed E-state index contributed by atoms with van der Waals surface area (Å²) in [6, 6.07) is 10.00. The number of fused-ring (bicyclic) bond motifs is 1. The van der Waals surface area contributed by atoms with Crippen molar-refractivity contribution in [3.8, 4) is 5.75 Å². The maximum atomic E-state index is 13.2. The second-order valence-corrected chi connectivity index (χ2v) is 7.56. The Labute approximate surface area is 166 Å². The van der Waals surface area contributed by atoms with Crippen LogP contribution in [0.2, 0.25) is 0 Å². The van der Waals surface area contributed by atoms with Crippen LogP contribution in [0.1, 0.15) is 34.1 Å². The molecule has 0 radical (unpaired) electrons. The molecule has 0 spiro atoms. The van der Waals surface area contributed by atoms with Gasteiger partial charge in [-0.3, -0.25) is 14.7 Å². The third-order valence-corrected chi connectivity index (χ3v) is 5.49. The smallest absolute Gasteiger partial charge is 0.256 e. The fourth-order valence-corrected chi connectivity index (χ4v) is 3.79. The Morgan fingerprint density at radius 1 is 1.25 bits per heavy atom. The third kappa shape index (κ3) is 4.03. The van der Waals surface area contributed by atoms with Crippen LogP contribution in [0.5, 0.6) is 5.75 Å². The molecule has 2 aliphatic rings. The Hall–Kier alpha value is -2.44. The van der Waals surface area contributed by atoms with Crippen LogP contribution in [-0.2, 0) is 17.8 Å². The number of morpholine rings is 1. The number of aromatic nitrogens is 1. The molecule has 0 unspecified atom stereocenters. The summed E-state index contributed by atoms with van der Waals surface area (Å²) in [6.07, 6.45) is 1.72. The lowest BCUT2D eigenvalue weighted by molar-refractivity contribution is 0.0341. The van der Waals surface area contributed by atoms with Gasteiger partial charge in [-0.05, 0) is 43.7 Å². The monoisotopic (exact) mass is 381 g/mol. The highest BCUT2D eigenvalue weighted by Crippen LogP contribution is 2.28. The molecule has 28 heavy (non-hydrogen) atoms. The maximum Gasteiger partial charge on any atom is 0.256 e. The average molecular weight is 381 g/mol. The second kappa shape index (κ2) is 8.29. The van der Waals surface area contributed by atoms with Gasteiger partial charge in [-0.25, -0.2) is 0 Å². The zero-order valence-electron chi connectivity index (χ0n) is 16.6. The highest BCUT2D eigenvalue weighted by Gasteiger charge is 2.28. The standard InChI is InChI=1S/C22H27N3O3/c1-16-15-28-21-6-5-18(13-24-8-10-27-11-9-24)12-19(21)14-25(16)22(26)20-4-3-7-23-17(20)2/h3-7,12,16H,8-11,13-15H2,1-2H3/t16-/m0/s1. The number of aryl methyl sites for hydroxylation is 1. The first kappa shape index (κ1) is 18.9. The van der Waals surface area contributed by atoms with Crippen molar-refractivity contribution >= 4 is 5.91 Å². The van der Waals surface area contributed by atoms with Crippen LogP contribution in [-0.4, -0.2) is 59.6 Å². The zero-order chi connectivity index (χ0) is 19.5. The number of pyridine rings is 1. The highest BCUT2D eigenvalue weighted by atomic mass is 16.5. The van der Waals surface area contributed by atoms with Crippen LogP contribution in [0.4, 0.5) is 0 Å². The van der Waals surface area contributed by atoms with Crippen molar-refractivity contribution in [1.82, 2.24) is 14.8 Å². The van der Waals surface area contributed by atoms with E-state index in [0.717, 1.165) is 49.9 Å². The molecule has 0 bridgehead atoms. The quantitative estimate of drug-likeness (QED) is 0.818. The Balaban J connectivity index is 1.56. The van der Waals surface area contributed by atoms with E-state index in [9.17, 15) is 4.79 Å². The minimum absolute atomic E-state index is 0.00753. The van der Waals surface area contributed by atoms with E-state index in [4.69, 9.17) is 9.47 Å². The number of carbonyl (C=O) groups excluding carboxylic acids is 1. The largest absolute Gasteiger partial charge is 0.491 e. The fraction of sp³-hybridized carbons (Fsp3) is 0.455. The number of ether oxygens (including phenoxy) is 2. The molecule has 0 aliphatic carbocycles. The first-order valence-electron chi connectivity index (χ1n) is 9.89. The minimum Gasteiger partial charge on any atom is -0.491 e. The summed E-state index contributed by atoms with van der Waals surface area (Å²) >= 11 is 0. The average Bonchev–Trinajstić information content (AvgIpc) is 2.87. The number of hydrogen-bond donors (Lipinski definition) is 0. The summed E-state index contributed by atoms with van der Waals surface area (Å²) in [6.45, 7) is 9.32. The van der Waals surface area contributed by atoms with E-state index in [-0.39, 0.29) is 11.9 Å². The van der Waals surface area contributed by atoms with E-state index in [1.807, 2.05) is 36.9 Å². The summed E-state index contributed by atoms with van der Waals surface area (Å²) < 4.78 is 11.4. The number of hydrogen-bond acceptors (Lipinski definition) is 5. The number of rotatable bonds is 3. The Bertz CT molecular complexity index is 849. The summed E-state index contributed by atoms with van der Waals surface area (Å²) in [4.78, 5) is 21.8. The Morgan fingerprint density at radius 2 is 2.07 bits per heavy atom. The molecule has 148 valence electrons. The first-order chi connectivity index (χ1) is 13.6. The molecule has 6 nitrogen and oxygen atoms in total. The van der Waals surface area contributed by atoms with Gasteiger partial charge in [-0.15, -0.1) is 0 Å². The number of benzene rings is 1. The maximum absolute atomic E-state index is 13.2. The van der Waals surface area contributed by atoms with E-state index < -0.39 is 0 Å². The van der Waals surface area contributed by atoms with Gasteiger partial charge in [0, 0.05) is 37.1 Å². The van der Waals surface area contributed by atoms with Gasteiger partial charge in [0.2, 0.25) is 0 Å².